The Balaban J connectivity index is 2.30. The van der Waals surface area contributed by atoms with Crippen LogP contribution in [-0.4, -0.2) is 11.0 Å². The maximum atomic E-state index is 4.87. The Morgan fingerprint density at radius 1 is 1.10 bits per heavy atom. The van der Waals surface area contributed by atoms with Gasteiger partial charge < -0.3 is 5.32 Å². The Morgan fingerprint density at radius 3 is 2.30 bits per heavy atom. The summed E-state index contributed by atoms with van der Waals surface area (Å²) in [6.07, 6.45) is 0. The second-order valence-corrected chi connectivity index (χ2v) is 6.97. The Hall–Kier alpha value is -1.19. The van der Waals surface area contributed by atoms with Gasteiger partial charge in [-0.25, -0.2) is 4.98 Å². The fourth-order valence-corrected chi connectivity index (χ4v) is 3.23. The minimum atomic E-state index is 0.467. The number of aryl methyl sites for hydroxylation is 1. The van der Waals surface area contributed by atoms with Gasteiger partial charge in [-0.3, -0.25) is 0 Å². The summed E-state index contributed by atoms with van der Waals surface area (Å²) in [5.41, 5.74) is 3.74. The molecular weight excluding hydrogens is 264 g/mol. The fourth-order valence-electron chi connectivity index (χ4n) is 2.06. The highest BCUT2D eigenvalue weighted by Crippen LogP contribution is 2.31. The maximum absolute atomic E-state index is 4.87. The predicted molar refractivity (Wildman–Crippen MR) is 88.4 cm³/mol. The molecule has 1 aromatic carbocycles. The molecule has 0 amide bonds. The normalized spacial score (nSPS) is 11.6. The Morgan fingerprint density at radius 2 is 1.75 bits per heavy atom. The van der Waals surface area contributed by atoms with Gasteiger partial charge in [-0.2, -0.15) is 0 Å². The number of nitrogens with one attached hydrogen (secondary N) is 1. The summed E-state index contributed by atoms with van der Waals surface area (Å²) in [7, 11) is 0. The highest BCUT2D eigenvalue weighted by molar-refractivity contribution is 7.15. The number of rotatable bonds is 5. The van der Waals surface area contributed by atoms with Gasteiger partial charge >= 0.3 is 0 Å². The number of aromatic nitrogens is 1. The van der Waals surface area contributed by atoms with Gasteiger partial charge in [-0.1, -0.05) is 57.5 Å². The topological polar surface area (TPSA) is 24.9 Å². The molecule has 1 aromatic heterocycles. The van der Waals surface area contributed by atoms with Gasteiger partial charge in [0.1, 0.15) is 5.01 Å². The van der Waals surface area contributed by atoms with Crippen LogP contribution in [0.4, 0.5) is 0 Å². The van der Waals surface area contributed by atoms with Gasteiger partial charge in [-0.15, -0.1) is 11.3 Å². The van der Waals surface area contributed by atoms with Crippen LogP contribution in [0.15, 0.2) is 24.3 Å². The second kappa shape index (κ2) is 6.51. The molecule has 108 valence electrons. The van der Waals surface area contributed by atoms with Crippen LogP contribution in [0.2, 0.25) is 0 Å². The summed E-state index contributed by atoms with van der Waals surface area (Å²) in [4.78, 5) is 6.23. The van der Waals surface area contributed by atoms with Crippen molar-refractivity contribution in [1.82, 2.24) is 10.3 Å². The van der Waals surface area contributed by atoms with E-state index >= 15 is 0 Å². The molecule has 20 heavy (non-hydrogen) atoms. The van der Waals surface area contributed by atoms with E-state index in [2.05, 4.69) is 64.2 Å². The Bertz CT molecular complexity index is 553. The largest absolute Gasteiger partial charge is 0.310 e. The zero-order chi connectivity index (χ0) is 14.7. The van der Waals surface area contributed by atoms with Gasteiger partial charge in [0.25, 0.3) is 0 Å². The molecule has 0 bridgehead atoms. The van der Waals surface area contributed by atoms with Crippen LogP contribution in [-0.2, 0) is 6.54 Å². The predicted octanol–water partition coefficient (Wildman–Crippen LogP) is 4.74. The van der Waals surface area contributed by atoms with E-state index < -0.39 is 0 Å². The number of hydrogen-bond donors (Lipinski definition) is 1. The maximum Gasteiger partial charge on any atom is 0.123 e. The molecule has 0 atom stereocenters. The molecule has 1 N–H and O–H groups in total. The third-order valence-corrected chi connectivity index (χ3v) is 4.36. The van der Waals surface area contributed by atoms with Gasteiger partial charge in [0, 0.05) is 23.0 Å². The van der Waals surface area contributed by atoms with Crippen molar-refractivity contribution < 1.29 is 0 Å². The van der Waals surface area contributed by atoms with Crippen LogP contribution in [0.1, 0.15) is 49.7 Å². The van der Waals surface area contributed by atoms with E-state index in [1.165, 1.54) is 21.7 Å². The zero-order valence-electron chi connectivity index (χ0n) is 13.0. The van der Waals surface area contributed by atoms with Crippen molar-refractivity contribution in [3.05, 3.63) is 40.4 Å². The minimum absolute atomic E-state index is 0.467. The van der Waals surface area contributed by atoms with Gasteiger partial charge in [0.2, 0.25) is 0 Å². The van der Waals surface area contributed by atoms with Crippen LogP contribution < -0.4 is 5.32 Å². The van der Waals surface area contributed by atoms with Crippen LogP contribution in [0.5, 0.6) is 0 Å². The summed E-state index contributed by atoms with van der Waals surface area (Å²) < 4.78 is 0. The molecule has 2 nitrogen and oxygen atoms in total. The average Bonchev–Trinajstić information content (AvgIpc) is 2.81. The van der Waals surface area contributed by atoms with Crippen molar-refractivity contribution in [2.45, 2.75) is 53.1 Å². The van der Waals surface area contributed by atoms with Gasteiger partial charge in [-0.05, 0) is 12.8 Å². The van der Waals surface area contributed by atoms with Crippen molar-refractivity contribution in [2.24, 2.45) is 0 Å². The van der Waals surface area contributed by atoms with Crippen LogP contribution in [0.25, 0.3) is 10.6 Å². The molecule has 0 saturated carbocycles. The zero-order valence-corrected chi connectivity index (χ0v) is 13.8. The van der Waals surface area contributed by atoms with E-state index in [0.717, 1.165) is 11.6 Å². The van der Waals surface area contributed by atoms with Crippen molar-refractivity contribution in [3.63, 3.8) is 0 Å². The lowest BCUT2D eigenvalue weighted by atomic mass is 10.1. The number of nitrogens with zero attached hydrogens (tertiary/aromatic N) is 1. The lowest BCUT2D eigenvalue weighted by molar-refractivity contribution is 0.588. The minimum Gasteiger partial charge on any atom is -0.310 e. The number of hydrogen-bond acceptors (Lipinski definition) is 3. The van der Waals surface area contributed by atoms with Crippen LogP contribution in [0, 0.1) is 6.92 Å². The summed E-state index contributed by atoms with van der Waals surface area (Å²) >= 11 is 1.82. The van der Waals surface area contributed by atoms with Gasteiger partial charge in [0.05, 0.1) is 5.69 Å². The first-order valence-corrected chi connectivity index (χ1v) is 8.09. The molecule has 0 spiro atoms. The molecule has 0 radical (unpaired) electrons. The third-order valence-electron chi connectivity index (χ3n) is 3.24. The first kappa shape index (κ1) is 15.2. The SMILES string of the molecule is Cc1ccc(-c2nc(C(C)C)c(CNC(C)C)s2)cc1. The monoisotopic (exact) mass is 288 g/mol. The van der Waals surface area contributed by atoms with Gasteiger partial charge in [0.15, 0.2) is 0 Å². The molecule has 2 aromatic rings. The molecule has 0 aliphatic carbocycles. The molecule has 2 rings (SSSR count). The lowest BCUT2D eigenvalue weighted by Crippen LogP contribution is -2.22. The van der Waals surface area contributed by atoms with Crippen molar-refractivity contribution in [2.75, 3.05) is 0 Å². The Labute approximate surface area is 126 Å². The van der Waals surface area contributed by atoms with E-state index in [4.69, 9.17) is 4.98 Å². The van der Waals surface area contributed by atoms with E-state index in [1.54, 1.807) is 0 Å². The molecular formula is C17H24N2S. The first-order chi connectivity index (χ1) is 9.47. The quantitative estimate of drug-likeness (QED) is 0.859. The highest BCUT2D eigenvalue weighted by atomic mass is 32.1. The van der Waals surface area contributed by atoms with Crippen molar-refractivity contribution >= 4 is 11.3 Å². The molecule has 0 aliphatic rings. The van der Waals surface area contributed by atoms with E-state index in [-0.39, 0.29) is 0 Å². The second-order valence-electron chi connectivity index (χ2n) is 5.88. The summed E-state index contributed by atoms with van der Waals surface area (Å²) in [5, 5.41) is 4.63. The fraction of sp³-hybridized carbons (Fsp3) is 0.471. The van der Waals surface area contributed by atoms with E-state index in [0.29, 0.717) is 12.0 Å². The Kier molecular flexibility index (Phi) is 4.95. The molecule has 0 fully saturated rings. The van der Waals surface area contributed by atoms with Crippen molar-refractivity contribution in [1.29, 1.82) is 0 Å². The molecule has 0 unspecified atom stereocenters. The highest BCUT2D eigenvalue weighted by Gasteiger charge is 2.15. The smallest absolute Gasteiger partial charge is 0.123 e. The third kappa shape index (κ3) is 3.68. The van der Waals surface area contributed by atoms with Crippen molar-refractivity contribution in [3.8, 4) is 10.6 Å². The standard InChI is InChI=1S/C17H24N2S/c1-11(2)16-15(10-18-12(3)4)20-17(19-16)14-8-6-13(5)7-9-14/h6-9,11-12,18H,10H2,1-5H3. The number of thiazole rings is 1. The van der Waals surface area contributed by atoms with E-state index in [9.17, 15) is 0 Å². The number of benzene rings is 1. The molecule has 1 heterocycles. The molecule has 0 aliphatic heterocycles. The summed E-state index contributed by atoms with van der Waals surface area (Å²) in [5.74, 6) is 0.467. The molecule has 3 heteroatoms. The summed E-state index contributed by atoms with van der Waals surface area (Å²) in [6, 6.07) is 9.13. The van der Waals surface area contributed by atoms with Crippen LogP contribution >= 0.6 is 11.3 Å². The van der Waals surface area contributed by atoms with E-state index in [1.807, 2.05) is 11.3 Å². The molecule has 0 saturated heterocycles. The first-order valence-electron chi connectivity index (χ1n) is 7.27. The summed E-state index contributed by atoms with van der Waals surface area (Å²) in [6.45, 7) is 11.8. The lowest BCUT2D eigenvalue weighted by Gasteiger charge is -2.09. The average molecular weight is 288 g/mol. The van der Waals surface area contributed by atoms with Crippen LogP contribution in [0.3, 0.4) is 0 Å².